The van der Waals surface area contributed by atoms with E-state index in [9.17, 15) is 8.78 Å². The average molecular weight is 148 g/mol. The lowest BCUT2D eigenvalue weighted by Crippen LogP contribution is -2.20. The highest BCUT2D eigenvalue weighted by molar-refractivity contribution is 5.85. The normalized spacial score (nSPS) is 10.5. The molecule has 0 aromatic heterocycles. The maximum Gasteiger partial charge on any atom is 0.270 e. The molecule has 0 radical (unpaired) electrons. The van der Waals surface area contributed by atoms with Crippen LogP contribution in [0.15, 0.2) is 0 Å². The van der Waals surface area contributed by atoms with E-state index in [4.69, 9.17) is 0 Å². The molecule has 0 atom stereocenters. The minimum atomic E-state index is -2.80. The van der Waals surface area contributed by atoms with Crippen LogP contribution in [0, 0.1) is 0 Å². The molecule has 0 amide bonds. The molecular weight excluding hydrogens is 139 g/mol. The molecule has 0 aliphatic rings. The zero-order chi connectivity index (χ0) is 5.91. The summed E-state index contributed by atoms with van der Waals surface area (Å²) < 4.78 is 23.0. The lowest BCUT2D eigenvalue weighted by atomic mass is 10.4. The molecule has 2 N–H and O–H groups in total. The summed E-state index contributed by atoms with van der Waals surface area (Å²) in [6.07, 6.45) is 0. The molecule has 0 unspecified atom stereocenters. The van der Waals surface area contributed by atoms with Crippen LogP contribution in [0.4, 0.5) is 8.78 Å². The Morgan fingerprint density at radius 2 is 2.00 bits per heavy atom. The quantitative estimate of drug-likeness (QED) is 0.591. The van der Waals surface area contributed by atoms with Gasteiger partial charge in [0.1, 0.15) is 6.61 Å². The smallest absolute Gasteiger partial charge is 0.270 e. The van der Waals surface area contributed by atoms with Crippen molar-refractivity contribution in [1.29, 1.82) is 0 Å². The van der Waals surface area contributed by atoms with E-state index in [1.165, 1.54) is 0 Å². The molecule has 0 heterocycles. The topological polar surface area (TPSA) is 35.2 Å². The Morgan fingerprint density at radius 1 is 1.62 bits per heavy atom. The number of hydrogen-bond donors (Lipinski definition) is 1. The Kier molecular flexibility index (Phi) is 5.47. The summed E-state index contributed by atoms with van der Waals surface area (Å²) in [5.41, 5.74) is 0. The fourth-order valence-electron chi connectivity index (χ4n) is 0.146. The SMILES string of the molecule is CC(F)(F)CON.Cl. The van der Waals surface area contributed by atoms with Gasteiger partial charge in [-0.1, -0.05) is 0 Å². The highest BCUT2D eigenvalue weighted by atomic mass is 35.5. The Morgan fingerprint density at radius 3 is 2.00 bits per heavy atom. The van der Waals surface area contributed by atoms with E-state index < -0.39 is 12.5 Å². The second-order valence-electron chi connectivity index (χ2n) is 1.38. The van der Waals surface area contributed by atoms with Gasteiger partial charge < -0.3 is 0 Å². The molecule has 0 aromatic rings. The lowest BCUT2D eigenvalue weighted by molar-refractivity contribution is -0.0633. The number of halogens is 3. The molecule has 8 heavy (non-hydrogen) atoms. The first kappa shape index (κ1) is 10.9. The van der Waals surface area contributed by atoms with Gasteiger partial charge in [-0.2, -0.15) is 0 Å². The van der Waals surface area contributed by atoms with Crippen molar-refractivity contribution in [2.45, 2.75) is 12.8 Å². The van der Waals surface area contributed by atoms with E-state index >= 15 is 0 Å². The summed E-state index contributed by atoms with van der Waals surface area (Å²) in [5.74, 6) is 1.54. The molecule has 0 spiro atoms. The van der Waals surface area contributed by atoms with Crippen LogP contribution in [0.2, 0.25) is 0 Å². The van der Waals surface area contributed by atoms with Gasteiger partial charge in [0.25, 0.3) is 5.92 Å². The van der Waals surface area contributed by atoms with E-state index in [1.54, 1.807) is 0 Å². The van der Waals surface area contributed by atoms with Gasteiger partial charge in [-0.15, -0.1) is 12.4 Å². The van der Waals surface area contributed by atoms with Gasteiger partial charge in [0.05, 0.1) is 0 Å². The van der Waals surface area contributed by atoms with E-state index in [0.29, 0.717) is 0 Å². The summed E-state index contributed by atoms with van der Waals surface area (Å²) >= 11 is 0. The van der Waals surface area contributed by atoms with Crippen LogP contribution < -0.4 is 5.90 Å². The van der Waals surface area contributed by atoms with Crippen molar-refractivity contribution in [3.63, 3.8) is 0 Å². The molecular formula is C3H8ClF2NO. The third-order valence-corrected chi connectivity index (χ3v) is 0.337. The van der Waals surface area contributed by atoms with Gasteiger partial charge in [0.2, 0.25) is 0 Å². The molecule has 52 valence electrons. The van der Waals surface area contributed by atoms with E-state index in [1.807, 2.05) is 0 Å². The van der Waals surface area contributed by atoms with Crippen molar-refractivity contribution >= 4 is 12.4 Å². The minimum absolute atomic E-state index is 0. The van der Waals surface area contributed by atoms with Crippen molar-refractivity contribution in [2.24, 2.45) is 5.90 Å². The second kappa shape index (κ2) is 4.00. The fraction of sp³-hybridized carbons (Fsp3) is 1.00. The Hall–Kier alpha value is 0.0700. The Labute approximate surface area is 52.4 Å². The van der Waals surface area contributed by atoms with Gasteiger partial charge in [0, 0.05) is 6.92 Å². The van der Waals surface area contributed by atoms with E-state index in [2.05, 4.69) is 10.7 Å². The number of alkyl halides is 2. The highest BCUT2D eigenvalue weighted by Gasteiger charge is 2.20. The summed E-state index contributed by atoms with van der Waals surface area (Å²) in [6, 6.07) is 0. The monoisotopic (exact) mass is 147 g/mol. The van der Waals surface area contributed by atoms with Crippen LogP contribution in [-0.4, -0.2) is 12.5 Å². The van der Waals surface area contributed by atoms with Crippen LogP contribution in [0.1, 0.15) is 6.92 Å². The van der Waals surface area contributed by atoms with Crippen molar-refractivity contribution in [3.8, 4) is 0 Å². The molecule has 0 rings (SSSR count). The third kappa shape index (κ3) is 9.42. The molecule has 0 saturated heterocycles. The molecule has 0 aromatic carbocycles. The van der Waals surface area contributed by atoms with Crippen LogP contribution in [-0.2, 0) is 4.84 Å². The average Bonchev–Trinajstić information content (AvgIpc) is 1.30. The van der Waals surface area contributed by atoms with Crippen LogP contribution in [0.5, 0.6) is 0 Å². The molecule has 0 saturated carbocycles. The zero-order valence-corrected chi connectivity index (χ0v) is 5.17. The predicted octanol–water partition coefficient (Wildman–Crippen LogP) is 0.954. The zero-order valence-electron chi connectivity index (χ0n) is 4.36. The standard InChI is InChI=1S/C3H7F2NO.ClH/c1-3(4,5)2-7-6;/h2,6H2,1H3;1H. The lowest BCUT2D eigenvalue weighted by Gasteiger charge is -2.05. The van der Waals surface area contributed by atoms with Gasteiger partial charge in [-0.05, 0) is 0 Å². The van der Waals surface area contributed by atoms with Crippen molar-refractivity contribution < 1.29 is 13.6 Å². The van der Waals surface area contributed by atoms with Crippen molar-refractivity contribution in [2.75, 3.05) is 6.61 Å². The molecule has 5 heteroatoms. The second-order valence-corrected chi connectivity index (χ2v) is 1.38. The van der Waals surface area contributed by atoms with E-state index in [-0.39, 0.29) is 12.4 Å². The Balaban J connectivity index is 0. The first-order chi connectivity index (χ1) is 3.06. The first-order valence-electron chi connectivity index (χ1n) is 1.76. The number of nitrogens with two attached hydrogens (primary N) is 1. The van der Waals surface area contributed by atoms with Crippen LogP contribution in [0.3, 0.4) is 0 Å². The minimum Gasteiger partial charge on any atom is -0.298 e. The maximum absolute atomic E-state index is 11.5. The molecule has 0 aliphatic carbocycles. The summed E-state index contributed by atoms with van der Waals surface area (Å²) in [5, 5.41) is 0. The fourth-order valence-corrected chi connectivity index (χ4v) is 0.146. The van der Waals surface area contributed by atoms with Gasteiger partial charge in [-0.25, -0.2) is 14.7 Å². The van der Waals surface area contributed by atoms with Crippen LogP contribution in [0.25, 0.3) is 0 Å². The van der Waals surface area contributed by atoms with E-state index in [0.717, 1.165) is 6.92 Å². The third-order valence-electron chi connectivity index (χ3n) is 0.337. The number of hydrogen-bond acceptors (Lipinski definition) is 2. The van der Waals surface area contributed by atoms with Crippen molar-refractivity contribution in [1.82, 2.24) is 0 Å². The Bertz CT molecular complexity index is 55.7. The predicted molar refractivity (Wildman–Crippen MR) is 28.0 cm³/mol. The van der Waals surface area contributed by atoms with Crippen LogP contribution >= 0.6 is 12.4 Å². The summed E-state index contributed by atoms with van der Waals surface area (Å²) in [4.78, 5) is 3.66. The van der Waals surface area contributed by atoms with Gasteiger partial charge in [-0.3, -0.25) is 4.84 Å². The summed E-state index contributed by atoms with van der Waals surface area (Å²) in [7, 11) is 0. The maximum atomic E-state index is 11.5. The van der Waals surface area contributed by atoms with Crippen molar-refractivity contribution in [3.05, 3.63) is 0 Å². The summed E-state index contributed by atoms with van der Waals surface area (Å²) in [6.45, 7) is 0.0207. The largest absolute Gasteiger partial charge is 0.298 e. The molecule has 2 nitrogen and oxygen atoms in total. The molecule has 0 aliphatic heterocycles. The molecule has 0 fully saturated rings. The molecule has 0 bridgehead atoms. The number of rotatable bonds is 2. The first-order valence-corrected chi connectivity index (χ1v) is 1.76. The van der Waals surface area contributed by atoms with Gasteiger partial charge in [0.15, 0.2) is 0 Å². The van der Waals surface area contributed by atoms with Gasteiger partial charge >= 0.3 is 0 Å². The highest BCUT2D eigenvalue weighted by Crippen LogP contribution is 2.09.